The number of hydrogen-bond acceptors (Lipinski definition) is 8. The summed E-state index contributed by atoms with van der Waals surface area (Å²) in [4.78, 5) is 30.2. The van der Waals surface area contributed by atoms with E-state index in [0.29, 0.717) is 11.3 Å². The first-order chi connectivity index (χ1) is 15.4. The number of nitrogen functional groups attached to an aromatic ring is 1. The van der Waals surface area contributed by atoms with Crippen LogP contribution in [-0.2, 0) is 14.3 Å². The van der Waals surface area contributed by atoms with Gasteiger partial charge in [-0.15, -0.1) is 0 Å². The minimum absolute atomic E-state index is 0.0576. The van der Waals surface area contributed by atoms with E-state index in [0.717, 1.165) is 10.6 Å². The number of nitrogens with one attached hydrogen (secondary N) is 4. The van der Waals surface area contributed by atoms with Crippen molar-refractivity contribution < 1.29 is 19.4 Å². The van der Waals surface area contributed by atoms with Crippen molar-refractivity contribution in [1.82, 2.24) is 9.88 Å². The fourth-order valence-corrected chi connectivity index (χ4v) is 2.91. The molecule has 2 unspecified atom stereocenters. The molecule has 0 radical (unpaired) electrons. The molecule has 2 aromatic rings. The molecule has 1 aromatic carbocycles. The first kappa shape index (κ1) is 22.6. The quantitative estimate of drug-likeness (QED) is 0.270. The second-order valence-corrected chi connectivity index (χ2v) is 6.81. The number of carbonyl (C=O) groups is 2. The van der Waals surface area contributed by atoms with Crippen LogP contribution in [0.2, 0.25) is 0 Å². The zero-order chi connectivity index (χ0) is 23.1. The molecule has 1 aromatic heterocycles. The summed E-state index contributed by atoms with van der Waals surface area (Å²) in [6.07, 6.45) is 2.91. The highest BCUT2D eigenvalue weighted by Gasteiger charge is 2.39. The molecule has 11 nitrogen and oxygen atoms in total. The lowest BCUT2D eigenvalue weighted by Gasteiger charge is -2.33. The Bertz CT molecular complexity index is 1020. The summed E-state index contributed by atoms with van der Waals surface area (Å²) in [5.41, 5.74) is 6.99. The van der Waals surface area contributed by atoms with Gasteiger partial charge in [-0.25, -0.2) is 0 Å². The van der Waals surface area contributed by atoms with E-state index in [1.54, 1.807) is 36.7 Å². The predicted molar refractivity (Wildman–Crippen MR) is 118 cm³/mol. The SMILES string of the molecule is N=C(N)c1ccc(NC(=O)C(O)C2OCCN(C(=N)/C=C\Nc3ccncc3)C2=O)cc1. The van der Waals surface area contributed by atoms with Gasteiger partial charge in [0.15, 0.2) is 12.2 Å². The van der Waals surface area contributed by atoms with Crippen LogP contribution >= 0.6 is 0 Å². The Labute approximate surface area is 183 Å². The molecule has 2 atom stereocenters. The Kier molecular flexibility index (Phi) is 7.26. The van der Waals surface area contributed by atoms with Crippen molar-refractivity contribution in [2.24, 2.45) is 5.73 Å². The number of amides is 2. The van der Waals surface area contributed by atoms with Gasteiger partial charge in [0.1, 0.15) is 11.7 Å². The van der Waals surface area contributed by atoms with Crippen LogP contribution in [0.4, 0.5) is 11.4 Å². The minimum atomic E-state index is -1.77. The molecule has 11 heteroatoms. The zero-order valence-corrected chi connectivity index (χ0v) is 17.0. The van der Waals surface area contributed by atoms with Gasteiger partial charge in [-0.1, -0.05) is 0 Å². The molecule has 7 N–H and O–H groups in total. The number of benzene rings is 1. The molecular weight excluding hydrogens is 414 g/mol. The summed E-state index contributed by atoms with van der Waals surface area (Å²) in [5.74, 6) is -1.75. The van der Waals surface area contributed by atoms with Crippen molar-refractivity contribution in [3.63, 3.8) is 0 Å². The molecule has 32 heavy (non-hydrogen) atoms. The first-order valence-electron chi connectivity index (χ1n) is 9.65. The maximum Gasteiger partial charge on any atom is 0.260 e. The number of hydrogen-bond donors (Lipinski definition) is 6. The number of nitrogens with zero attached hydrogens (tertiary/aromatic N) is 2. The van der Waals surface area contributed by atoms with E-state index >= 15 is 0 Å². The summed E-state index contributed by atoms with van der Waals surface area (Å²) >= 11 is 0. The van der Waals surface area contributed by atoms with Crippen LogP contribution in [0, 0.1) is 10.8 Å². The van der Waals surface area contributed by atoms with E-state index in [9.17, 15) is 14.7 Å². The van der Waals surface area contributed by atoms with E-state index in [2.05, 4.69) is 15.6 Å². The molecule has 1 aliphatic rings. The Morgan fingerprint density at radius 1 is 1.22 bits per heavy atom. The summed E-state index contributed by atoms with van der Waals surface area (Å²) in [5, 5.41) is 31.4. The Hall–Kier alpha value is -4.09. The molecule has 0 bridgehead atoms. The number of carbonyl (C=O) groups excluding carboxylic acids is 2. The normalized spacial score (nSPS) is 17.1. The van der Waals surface area contributed by atoms with Gasteiger partial charge in [0.05, 0.1) is 13.2 Å². The molecule has 1 aliphatic heterocycles. The molecule has 0 saturated carbocycles. The van der Waals surface area contributed by atoms with Crippen LogP contribution in [0.3, 0.4) is 0 Å². The lowest BCUT2D eigenvalue weighted by atomic mass is 10.1. The molecule has 2 amide bonds. The number of aliphatic hydroxyl groups is 1. The van der Waals surface area contributed by atoms with Gasteiger partial charge in [-0.05, 0) is 42.5 Å². The first-order valence-corrected chi connectivity index (χ1v) is 9.65. The number of rotatable bonds is 7. The number of aliphatic hydroxyl groups excluding tert-OH is 1. The van der Waals surface area contributed by atoms with Gasteiger partial charge in [0.2, 0.25) is 0 Å². The van der Waals surface area contributed by atoms with Gasteiger partial charge in [-0.2, -0.15) is 0 Å². The number of amidine groups is 2. The van der Waals surface area contributed by atoms with Crippen LogP contribution < -0.4 is 16.4 Å². The molecule has 166 valence electrons. The topological polar surface area (TPSA) is 178 Å². The van der Waals surface area contributed by atoms with E-state index in [-0.39, 0.29) is 24.8 Å². The predicted octanol–water partition coefficient (Wildman–Crippen LogP) is 0.496. The number of aromatic nitrogens is 1. The Morgan fingerprint density at radius 2 is 1.91 bits per heavy atom. The number of nitrogens with two attached hydrogens (primary N) is 1. The molecule has 0 aliphatic carbocycles. The summed E-state index contributed by atoms with van der Waals surface area (Å²) in [6, 6.07) is 9.62. The number of pyridine rings is 1. The molecule has 3 rings (SSSR count). The summed E-state index contributed by atoms with van der Waals surface area (Å²) in [6.45, 7) is 0.177. The number of morpholine rings is 1. The Balaban J connectivity index is 1.59. The highest BCUT2D eigenvalue weighted by Crippen LogP contribution is 2.15. The van der Waals surface area contributed by atoms with Gasteiger partial charge in [0.25, 0.3) is 11.8 Å². The maximum atomic E-state index is 12.7. The molecule has 2 heterocycles. The van der Waals surface area contributed by atoms with Gasteiger partial charge < -0.3 is 26.2 Å². The second kappa shape index (κ2) is 10.3. The van der Waals surface area contributed by atoms with E-state index in [1.165, 1.54) is 24.4 Å². The van der Waals surface area contributed by atoms with E-state index < -0.39 is 24.0 Å². The van der Waals surface area contributed by atoms with Gasteiger partial charge in [0, 0.05) is 35.5 Å². The average molecular weight is 437 g/mol. The standard InChI is InChI=1S/C21H23N7O4/c22-16(7-10-26-14-5-8-25-9-6-14)28-11-12-32-18(21(28)31)17(29)20(30)27-15-3-1-13(2-4-15)19(23)24/h1-10,17-18,22,29H,11-12H2,(H3,23,24)(H,25,26)(H,27,30)/b10-7-,22-16?. The van der Waals surface area contributed by atoms with Crippen molar-refractivity contribution in [3.8, 4) is 0 Å². The summed E-state index contributed by atoms with van der Waals surface area (Å²) in [7, 11) is 0. The molecular formula is C21H23N7O4. The van der Waals surface area contributed by atoms with Crippen molar-refractivity contribution in [3.05, 3.63) is 66.6 Å². The zero-order valence-electron chi connectivity index (χ0n) is 17.0. The van der Waals surface area contributed by atoms with E-state index in [4.69, 9.17) is 21.3 Å². The lowest BCUT2D eigenvalue weighted by Crippen LogP contribution is -2.56. The van der Waals surface area contributed by atoms with Gasteiger partial charge >= 0.3 is 0 Å². The van der Waals surface area contributed by atoms with E-state index in [1.807, 2.05) is 0 Å². The fraction of sp³-hybridized carbons (Fsp3) is 0.190. The number of ether oxygens (including phenoxy) is 1. The van der Waals surface area contributed by atoms with Crippen LogP contribution in [-0.4, -0.2) is 63.8 Å². The van der Waals surface area contributed by atoms with Crippen molar-refractivity contribution in [2.75, 3.05) is 23.8 Å². The van der Waals surface area contributed by atoms with Crippen LogP contribution in [0.25, 0.3) is 0 Å². The number of anilines is 2. The largest absolute Gasteiger partial charge is 0.384 e. The highest BCUT2D eigenvalue weighted by molar-refractivity contribution is 6.07. The van der Waals surface area contributed by atoms with Crippen LogP contribution in [0.1, 0.15) is 5.56 Å². The lowest BCUT2D eigenvalue weighted by molar-refractivity contribution is -0.161. The molecule has 1 saturated heterocycles. The third-order valence-electron chi connectivity index (χ3n) is 4.60. The minimum Gasteiger partial charge on any atom is -0.384 e. The average Bonchev–Trinajstić information content (AvgIpc) is 2.79. The maximum absolute atomic E-state index is 12.7. The monoisotopic (exact) mass is 437 g/mol. The van der Waals surface area contributed by atoms with Crippen molar-refractivity contribution >= 4 is 34.9 Å². The third-order valence-corrected chi connectivity index (χ3v) is 4.60. The van der Waals surface area contributed by atoms with Crippen LogP contribution in [0.5, 0.6) is 0 Å². The second-order valence-electron chi connectivity index (χ2n) is 6.81. The Morgan fingerprint density at radius 3 is 2.56 bits per heavy atom. The van der Waals surface area contributed by atoms with Crippen molar-refractivity contribution in [1.29, 1.82) is 10.8 Å². The third kappa shape index (κ3) is 5.53. The highest BCUT2D eigenvalue weighted by atomic mass is 16.5. The smallest absolute Gasteiger partial charge is 0.260 e. The molecule has 0 spiro atoms. The van der Waals surface area contributed by atoms with Crippen molar-refractivity contribution in [2.45, 2.75) is 12.2 Å². The summed E-state index contributed by atoms with van der Waals surface area (Å²) < 4.78 is 5.33. The fourth-order valence-electron chi connectivity index (χ4n) is 2.91. The van der Waals surface area contributed by atoms with Crippen LogP contribution in [0.15, 0.2) is 61.1 Å². The van der Waals surface area contributed by atoms with Gasteiger partial charge in [-0.3, -0.25) is 30.3 Å². The molecule has 1 fully saturated rings.